The van der Waals surface area contributed by atoms with E-state index in [0.29, 0.717) is 6.42 Å². The molecule has 0 aromatic heterocycles. The zero-order chi connectivity index (χ0) is 7.68. The van der Waals surface area contributed by atoms with Crippen molar-refractivity contribution in [1.29, 1.82) is 0 Å². The normalized spacial score (nSPS) is 37.6. The van der Waals surface area contributed by atoms with E-state index < -0.39 is 0 Å². The monoisotopic (exact) mass is 156 g/mol. The number of epoxide rings is 1. The van der Waals surface area contributed by atoms with Crippen molar-refractivity contribution in [3.05, 3.63) is 0 Å². The van der Waals surface area contributed by atoms with Gasteiger partial charge in [-0.25, -0.2) is 0 Å². The maximum atomic E-state index is 10.9. The predicted molar refractivity (Wildman–Crippen MR) is 38.1 cm³/mol. The van der Waals surface area contributed by atoms with E-state index in [1.54, 1.807) is 0 Å². The highest BCUT2D eigenvalue weighted by Gasteiger charge is 2.36. The lowest BCUT2D eigenvalue weighted by Crippen LogP contribution is -2.21. The Labute approximate surface area is 65.7 Å². The van der Waals surface area contributed by atoms with Crippen LogP contribution in [-0.2, 0) is 14.3 Å². The highest BCUT2D eigenvalue weighted by Crippen LogP contribution is 2.24. The molecule has 1 unspecified atom stereocenters. The summed E-state index contributed by atoms with van der Waals surface area (Å²) in [6.07, 6.45) is 3.92. The highest BCUT2D eigenvalue weighted by molar-refractivity contribution is 5.69. The van der Waals surface area contributed by atoms with Crippen molar-refractivity contribution in [1.82, 2.24) is 0 Å². The van der Waals surface area contributed by atoms with E-state index in [9.17, 15) is 4.79 Å². The first-order valence-electron chi connectivity index (χ1n) is 4.17. The van der Waals surface area contributed by atoms with Crippen LogP contribution in [0.2, 0.25) is 0 Å². The number of ether oxygens (including phenoxy) is 2. The second-order valence-corrected chi connectivity index (χ2v) is 3.15. The molecule has 0 aliphatic carbocycles. The van der Waals surface area contributed by atoms with Crippen molar-refractivity contribution in [2.45, 2.75) is 37.9 Å². The van der Waals surface area contributed by atoms with E-state index in [1.165, 1.54) is 0 Å². The third-order valence-electron chi connectivity index (χ3n) is 2.18. The van der Waals surface area contributed by atoms with Crippen LogP contribution in [0.15, 0.2) is 0 Å². The predicted octanol–water partition coefficient (Wildman–Crippen LogP) is 0.871. The van der Waals surface area contributed by atoms with E-state index in [4.69, 9.17) is 9.47 Å². The van der Waals surface area contributed by atoms with Crippen LogP contribution < -0.4 is 0 Å². The molecule has 3 nitrogen and oxygen atoms in total. The van der Waals surface area contributed by atoms with Gasteiger partial charge in [0.2, 0.25) is 0 Å². The molecule has 0 radical (unpaired) electrons. The summed E-state index contributed by atoms with van der Waals surface area (Å²) in [4.78, 5) is 10.9. The Balaban J connectivity index is 1.91. The fraction of sp³-hybridized carbons (Fsp3) is 0.875. The third kappa shape index (κ3) is 1.71. The van der Waals surface area contributed by atoms with Gasteiger partial charge in [-0.15, -0.1) is 0 Å². The smallest absolute Gasteiger partial charge is 0.306 e. The molecule has 62 valence electrons. The molecule has 2 aliphatic heterocycles. The quantitative estimate of drug-likeness (QED) is 0.417. The molecule has 0 saturated carbocycles. The van der Waals surface area contributed by atoms with E-state index >= 15 is 0 Å². The summed E-state index contributed by atoms with van der Waals surface area (Å²) in [6, 6.07) is 0. The topological polar surface area (TPSA) is 38.8 Å². The third-order valence-corrected chi connectivity index (χ3v) is 2.18. The fourth-order valence-electron chi connectivity index (χ4n) is 1.43. The van der Waals surface area contributed by atoms with Gasteiger partial charge in [0.05, 0.1) is 6.61 Å². The first-order valence-corrected chi connectivity index (χ1v) is 4.17. The summed E-state index contributed by atoms with van der Waals surface area (Å²) < 4.78 is 10.2. The van der Waals surface area contributed by atoms with Gasteiger partial charge in [-0.2, -0.15) is 0 Å². The molecule has 11 heavy (non-hydrogen) atoms. The van der Waals surface area contributed by atoms with Crippen molar-refractivity contribution in [2.24, 2.45) is 0 Å². The van der Waals surface area contributed by atoms with Gasteiger partial charge in [0.25, 0.3) is 0 Å². The number of cyclic esters (lactones) is 1. The minimum atomic E-state index is -0.0528. The number of rotatable bonds is 1. The molecule has 0 bridgehead atoms. The Morgan fingerprint density at radius 2 is 2.09 bits per heavy atom. The number of carbonyl (C=O) groups excluding carboxylic acids is 1. The van der Waals surface area contributed by atoms with E-state index in [0.717, 1.165) is 25.9 Å². The minimum Gasteiger partial charge on any atom is -0.459 e. The second kappa shape index (κ2) is 2.81. The van der Waals surface area contributed by atoms with Gasteiger partial charge < -0.3 is 9.47 Å². The molecular formula is C8H12O3. The Morgan fingerprint density at radius 3 is 2.82 bits per heavy atom. The first-order chi connectivity index (χ1) is 5.36. The van der Waals surface area contributed by atoms with Gasteiger partial charge in [-0.3, -0.25) is 4.79 Å². The average Bonchev–Trinajstić information content (AvgIpc) is 2.71. The number of carbonyl (C=O) groups is 1. The summed E-state index contributed by atoms with van der Waals surface area (Å²) in [5.41, 5.74) is 0. The Bertz CT molecular complexity index is 163. The highest BCUT2D eigenvalue weighted by atomic mass is 16.6. The largest absolute Gasteiger partial charge is 0.459 e. The maximum absolute atomic E-state index is 10.9. The molecular weight excluding hydrogens is 144 g/mol. The van der Waals surface area contributed by atoms with Crippen LogP contribution >= 0.6 is 0 Å². The molecule has 2 rings (SSSR count). The lowest BCUT2D eigenvalue weighted by molar-refractivity contribution is -0.148. The molecule has 0 N–H and O–H groups in total. The maximum Gasteiger partial charge on any atom is 0.306 e. The van der Waals surface area contributed by atoms with Crippen LogP contribution in [0.25, 0.3) is 0 Å². The van der Waals surface area contributed by atoms with Gasteiger partial charge in [0.1, 0.15) is 12.2 Å². The van der Waals surface area contributed by atoms with Crippen molar-refractivity contribution >= 4 is 5.97 Å². The van der Waals surface area contributed by atoms with Crippen LogP contribution in [-0.4, -0.2) is 24.8 Å². The second-order valence-electron chi connectivity index (χ2n) is 3.15. The zero-order valence-corrected chi connectivity index (χ0v) is 6.41. The number of hydrogen-bond donors (Lipinski definition) is 0. The van der Waals surface area contributed by atoms with Crippen LogP contribution in [0.5, 0.6) is 0 Å². The van der Waals surface area contributed by atoms with Crippen LogP contribution in [0, 0.1) is 0 Å². The Morgan fingerprint density at radius 1 is 1.27 bits per heavy atom. The summed E-state index contributed by atoms with van der Waals surface area (Å²) in [5, 5.41) is 0. The SMILES string of the molecule is O=C1CCCCC([C@H]2CO2)O1. The molecule has 2 atom stereocenters. The van der Waals surface area contributed by atoms with Gasteiger partial charge in [-0.1, -0.05) is 0 Å². The molecule has 2 heterocycles. The molecule has 2 saturated heterocycles. The Hall–Kier alpha value is -0.570. The fourth-order valence-corrected chi connectivity index (χ4v) is 1.43. The van der Waals surface area contributed by atoms with Gasteiger partial charge >= 0.3 is 5.97 Å². The number of esters is 1. The number of hydrogen-bond acceptors (Lipinski definition) is 3. The van der Waals surface area contributed by atoms with Gasteiger partial charge in [-0.05, 0) is 19.3 Å². The molecule has 2 fully saturated rings. The van der Waals surface area contributed by atoms with E-state index in [1.807, 2.05) is 0 Å². The van der Waals surface area contributed by atoms with Crippen molar-refractivity contribution < 1.29 is 14.3 Å². The van der Waals surface area contributed by atoms with E-state index in [2.05, 4.69) is 0 Å². The standard InChI is InChI=1S/C8H12O3/c9-8-4-2-1-3-6(11-8)7-5-10-7/h6-7H,1-5H2/t6?,7-/m1/s1. The van der Waals surface area contributed by atoms with Crippen molar-refractivity contribution in [2.75, 3.05) is 6.61 Å². The van der Waals surface area contributed by atoms with Crippen LogP contribution in [0.1, 0.15) is 25.7 Å². The van der Waals surface area contributed by atoms with Crippen LogP contribution in [0.3, 0.4) is 0 Å². The molecule has 0 aromatic rings. The van der Waals surface area contributed by atoms with Gasteiger partial charge in [0, 0.05) is 6.42 Å². The summed E-state index contributed by atoms with van der Waals surface area (Å²) >= 11 is 0. The summed E-state index contributed by atoms with van der Waals surface area (Å²) in [6.45, 7) is 0.776. The lowest BCUT2D eigenvalue weighted by atomic mass is 10.1. The zero-order valence-electron chi connectivity index (χ0n) is 6.41. The summed E-state index contributed by atoms with van der Waals surface area (Å²) in [7, 11) is 0. The van der Waals surface area contributed by atoms with Crippen molar-refractivity contribution in [3.63, 3.8) is 0 Å². The molecule has 3 heteroatoms. The Kier molecular flexibility index (Phi) is 1.82. The summed E-state index contributed by atoms with van der Waals surface area (Å²) in [5.74, 6) is -0.0528. The van der Waals surface area contributed by atoms with Crippen LogP contribution in [0.4, 0.5) is 0 Å². The molecule has 0 spiro atoms. The van der Waals surface area contributed by atoms with Gasteiger partial charge in [0.15, 0.2) is 0 Å². The van der Waals surface area contributed by atoms with E-state index in [-0.39, 0.29) is 18.2 Å². The van der Waals surface area contributed by atoms with Crippen molar-refractivity contribution in [3.8, 4) is 0 Å². The molecule has 0 amide bonds. The average molecular weight is 156 g/mol. The lowest BCUT2D eigenvalue weighted by Gasteiger charge is -2.10. The molecule has 0 aromatic carbocycles. The molecule has 2 aliphatic rings. The first kappa shape index (κ1) is 7.10. The minimum absolute atomic E-state index is 0.0528.